The van der Waals surface area contributed by atoms with Crippen LogP contribution >= 0.6 is 11.8 Å². The predicted octanol–water partition coefficient (Wildman–Crippen LogP) is 4.01. The van der Waals surface area contributed by atoms with Crippen molar-refractivity contribution in [3.8, 4) is 11.4 Å². The van der Waals surface area contributed by atoms with Gasteiger partial charge in [0.15, 0.2) is 11.0 Å². The molecule has 0 aliphatic rings. The number of rotatable bonds is 8. The van der Waals surface area contributed by atoms with Crippen LogP contribution in [0.4, 0.5) is 4.79 Å². The van der Waals surface area contributed by atoms with Crippen LogP contribution in [0.15, 0.2) is 82.6 Å². The van der Waals surface area contributed by atoms with Crippen LogP contribution in [-0.4, -0.2) is 32.5 Å². The van der Waals surface area contributed by atoms with E-state index in [4.69, 9.17) is 4.42 Å². The molecule has 2 aromatic heterocycles. The maximum atomic E-state index is 12.3. The van der Waals surface area contributed by atoms with Crippen LogP contribution in [-0.2, 0) is 17.9 Å². The highest BCUT2D eigenvalue weighted by molar-refractivity contribution is 7.99. The number of nitrogens with one attached hydrogen (secondary N) is 2. The lowest BCUT2D eigenvalue weighted by molar-refractivity contribution is -0.117. The Morgan fingerprint density at radius 1 is 0.970 bits per heavy atom. The van der Waals surface area contributed by atoms with Gasteiger partial charge in [-0.2, -0.15) is 0 Å². The first-order valence-corrected chi connectivity index (χ1v) is 11.3. The minimum Gasteiger partial charge on any atom is -0.469 e. The number of benzene rings is 2. The topological polar surface area (TPSA) is 102 Å². The third-order valence-electron chi connectivity index (χ3n) is 4.88. The molecule has 0 saturated carbocycles. The molecule has 2 N–H and O–H groups in total. The number of aromatic nitrogens is 3. The lowest BCUT2D eigenvalue weighted by atomic mass is 10.2. The second-order valence-electron chi connectivity index (χ2n) is 7.27. The van der Waals surface area contributed by atoms with E-state index in [1.165, 1.54) is 11.8 Å². The monoisotopic (exact) mass is 461 g/mol. The summed E-state index contributed by atoms with van der Waals surface area (Å²) in [6, 6.07) is 20.7. The highest BCUT2D eigenvalue weighted by Gasteiger charge is 2.19. The number of aryl methyl sites for hydroxylation is 1. The molecule has 0 atom stereocenters. The van der Waals surface area contributed by atoms with Crippen molar-refractivity contribution >= 4 is 23.7 Å². The quantitative estimate of drug-likeness (QED) is 0.385. The van der Waals surface area contributed by atoms with Gasteiger partial charge in [0.25, 0.3) is 0 Å². The number of furan rings is 1. The van der Waals surface area contributed by atoms with Gasteiger partial charge in [-0.25, -0.2) is 4.79 Å². The van der Waals surface area contributed by atoms with Crippen LogP contribution in [0, 0.1) is 6.92 Å². The lowest BCUT2D eigenvalue weighted by Crippen LogP contribution is -2.40. The van der Waals surface area contributed by atoms with Gasteiger partial charge in [-0.05, 0) is 24.1 Å². The normalized spacial score (nSPS) is 10.7. The zero-order valence-corrected chi connectivity index (χ0v) is 18.8. The second-order valence-corrected chi connectivity index (χ2v) is 8.22. The number of hydrogen-bond donors (Lipinski definition) is 2. The first-order valence-electron chi connectivity index (χ1n) is 10.4. The fraction of sp³-hybridized carbons (Fsp3) is 0.167. The Hall–Kier alpha value is -3.85. The Kier molecular flexibility index (Phi) is 7.21. The predicted molar refractivity (Wildman–Crippen MR) is 126 cm³/mol. The molecule has 0 unspecified atom stereocenters. The van der Waals surface area contributed by atoms with Gasteiger partial charge >= 0.3 is 6.03 Å². The molecule has 33 heavy (non-hydrogen) atoms. The standard InChI is InChI=1S/C24H23N5O3S/c1-17-20(12-13-32-17)22-27-28-24(29(22)15-19-10-6-3-7-11-19)33-16-21(30)26-23(31)25-14-18-8-4-2-5-9-18/h2-13H,14-16H2,1H3,(H2,25,26,30,31). The van der Waals surface area contributed by atoms with Crippen LogP contribution in [0.3, 0.4) is 0 Å². The molecule has 0 aliphatic carbocycles. The van der Waals surface area contributed by atoms with Crippen LogP contribution in [0.25, 0.3) is 11.4 Å². The summed E-state index contributed by atoms with van der Waals surface area (Å²) in [5.74, 6) is 1.01. The third-order valence-corrected chi connectivity index (χ3v) is 5.85. The zero-order valence-electron chi connectivity index (χ0n) is 18.0. The molecule has 0 fully saturated rings. The van der Waals surface area contributed by atoms with E-state index in [0.717, 1.165) is 22.5 Å². The van der Waals surface area contributed by atoms with Crippen LogP contribution in [0.2, 0.25) is 0 Å². The molecule has 8 nitrogen and oxygen atoms in total. The first-order chi connectivity index (χ1) is 16.1. The molecular formula is C24H23N5O3S. The number of carbonyl (C=O) groups excluding carboxylic acids is 2. The first kappa shape index (κ1) is 22.3. The summed E-state index contributed by atoms with van der Waals surface area (Å²) in [6.45, 7) is 2.74. The van der Waals surface area contributed by atoms with Crippen molar-refractivity contribution in [3.05, 3.63) is 89.9 Å². The summed E-state index contributed by atoms with van der Waals surface area (Å²) in [4.78, 5) is 24.4. The van der Waals surface area contributed by atoms with Crippen molar-refractivity contribution in [2.24, 2.45) is 0 Å². The van der Waals surface area contributed by atoms with Crippen LogP contribution in [0.5, 0.6) is 0 Å². The molecule has 3 amide bonds. The summed E-state index contributed by atoms with van der Waals surface area (Å²) in [5.41, 5.74) is 2.87. The molecule has 2 aromatic carbocycles. The van der Waals surface area contributed by atoms with Crippen molar-refractivity contribution in [1.82, 2.24) is 25.4 Å². The molecule has 4 rings (SSSR count). The summed E-state index contributed by atoms with van der Waals surface area (Å²) >= 11 is 1.22. The van der Waals surface area contributed by atoms with Crippen molar-refractivity contribution in [2.75, 3.05) is 5.75 Å². The largest absolute Gasteiger partial charge is 0.469 e. The van der Waals surface area contributed by atoms with Crippen molar-refractivity contribution < 1.29 is 14.0 Å². The Labute approximate surface area is 195 Å². The molecule has 4 aromatic rings. The van der Waals surface area contributed by atoms with Gasteiger partial charge in [-0.15, -0.1) is 10.2 Å². The highest BCUT2D eigenvalue weighted by Crippen LogP contribution is 2.27. The summed E-state index contributed by atoms with van der Waals surface area (Å²) in [6.07, 6.45) is 1.61. The number of imide groups is 1. The van der Waals surface area contributed by atoms with Gasteiger partial charge in [0, 0.05) is 6.54 Å². The van der Waals surface area contributed by atoms with Gasteiger partial charge < -0.3 is 9.73 Å². The molecular weight excluding hydrogens is 438 g/mol. The number of amides is 3. The Morgan fingerprint density at radius 3 is 2.33 bits per heavy atom. The number of thioether (sulfide) groups is 1. The van der Waals surface area contributed by atoms with E-state index >= 15 is 0 Å². The lowest BCUT2D eigenvalue weighted by Gasteiger charge is -2.10. The molecule has 9 heteroatoms. The second kappa shape index (κ2) is 10.6. The fourth-order valence-electron chi connectivity index (χ4n) is 3.24. The van der Waals surface area contributed by atoms with E-state index < -0.39 is 11.9 Å². The Bertz CT molecular complexity index is 1220. The van der Waals surface area contributed by atoms with E-state index in [1.54, 1.807) is 6.26 Å². The minimum atomic E-state index is -0.537. The van der Waals surface area contributed by atoms with Crippen LogP contribution in [0.1, 0.15) is 16.9 Å². The number of carbonyl (C=O) groups is 2. The molecule has 0 saturated heterocycles. The van der Waals surface area contributed by atoms with Crippen molar-refractivity contribution in [3.63, 3.8) is 0 Å². The van der Waals surface area contributed by atoms with E-state index in [1.807, 2.05) is 78.2 Å². The summed E-state index contributed by atoms with van der Waals surface area (Å²) in [5, 5.41) is 14.2. The number of hydrogen-bond acceptors (Lipinski definition) is 6. The molecule has 0 aliphatic heterocycles. The van der Waals surface area contributed by atoms with E-state index in [0.29, 0.717) is 24.1 Å². The summed E-state index contributed by atoms with van der Waals surface area (Å²) < 4.78 is 7.38. The average molecular weight is 462 g/mol. The third kappa shape index (κ3) is 5.89. The minimum absolute atomic E-state index is 0.0239. The molecule has 2 heterocycles. The number of nitrogens with zero attached hydrogens (tertiary/aromatic N) is 3. The molecule has 168 valence electrons. The SMILES string of the molecule is Cc1occc1-c1nnc(SCC(=O)NC(=O)NCc2ccccc2)n1Cc1ccccc1. The van der Waals surface area contributed by atoms with Crippen molar-refractivity contribution in [1.29, 1.82) is 0 Å². The maximum absolute atomic E-state index is 12.3. The number of urea groups is 1. The maximum Gasteiger partial charge on any atom is 0.321 e. The molecule has 0 bridgehead atoms. The van der Waals surface area contributed by atoms with Gasteiger partial charge in [0.2, 0.25) is 5.91 Å². The molecule has 0 spiro atoms. The van der Waals surface area contributed by atoms with Gasteiger partial charge in [-0.1, -0.05) is 72.4 Å². The summed E-state index contributed by atoms with van der Waals surface area (Å²) in [7, 11) is 0. The van der Waals surface area contributed by atoms with E-state index in [-0.39, 0.29) is 5.75 Å². The zero-order chi connectivity index (χ0) is 23.0. The Morgan fingerprint density at radius 2 is 1.67 bits per heavy atom. The Balaban J connectivity index is 1.41. The smallest absolute Gasteiger partial charge is 0.321 e. The fourth-order valence-corrected chi connectivity index (χ4v) is 3.97. The molecule has 0 radical (unpaired) electrons. The average Bonchev–Trinajstić information content (AvgIpc) is 3.43. The highest BCUT2D eigenvalue weighted by atomic mass is 32.2. The van der Waals surface area contributed by atoms with E-state index in [2.05, 4.69) is 20.8 Å². The van der Waals surface area contributed by atoms with Crippen molar-refractivity contribution in [2.45, 2.75) is 25.2 Å². The van der Waals surface area contributed by atoms with Gasteiger partial charge in [0.1, 0.15) is 5.76 Å². The van der Waals surface area contributed by atoms with E-state index in [9.17, 15) is 9.59 Å². The van der Waals surface area contributed by atoms with Gasteiger partial charge in [0.05, 0.1) is 24.1 Å². The van der Waals surface area contributed by atoms with Crippen LogP contribution < -0.4 is 10.6 Å². The van der Waals surface area contributed by atoms with Gasteiger partial charge in [-0.3, -0.25) is 14.7 Å².